The topological polar surface area (TPSA) is 54.9 Å². The van der Waals surface area contributed by atoms with Crippen LogP contribution in [0.25, 0.3) is 0 Å². The van der Waals surface area contributed by atoms with Crippen LogP contribution in [0.4, 0.5) is 0 Å². The standard InChI is InChI=1S/C24H27N3O3S/c1-17(24-25-12-13-31-24)26(2)23(28)16-27-14-18-8-4-6-10-20(18)30-22(15-27)19-9-5-7-11-21(19)29-3/h4-13,17,22H,14-16H2,1-3H3/t17-,22+/m1/s1. The van der Waals surface area contributed by atoms with Crippen molar-refractivity contribution in [3.63, 3.8) is 0 Å². The second-order valence-electron chi connectivity index (χ2n) is 7.68. The molecule has 0 spiro atoms. The molecule has 4 rings (SSSR count). The Labute approximate surface area is 187 Å². The van der Waals surface area contributed by atoms with Gasteiger partial charge in [-0.3, -0.25) is 9.69 Å². The number of para-hydroxylation sites is 2. The first-order valence-corrected chi connectivity index (χ1v) is 11.2. The molecule has 6 nitrogen and oxygen atoms in total. The molecule has 0 aliphatic carbocycles. The van der Waals surface area contributed by atoms with Crippen LogP contribution in [0.5, 0.6) is 11.5 Å². The van der Waals surface area contributed by atoms with Gasteiger partial charge in [-0.1, -0.05) is 36.4 Å². The van der Waals surface area contributed by atoms with E-state index in [0.717, 1.165) is 27.6 Å². The summed E-state index contributed by atoms with van der Waals surface area (Å²) in [4.78, 5) is 21.4. The van der Waals surface area contributed by atoms with Gasteiger partial charge in [-0.2, -0.15) is 0 Å². The fourth-order valence-corrected chi connectivity index (χ4v) is 4.56. The highest BCUT2D eigenvalue weighted by atomic mass is 32.1. The second kappa shape index (κ2) is 9.49. The van der Waals surface area contributed by atoms with Crippen LogP contribution in [0.1, 0.15) is 35.2 Å². The number of amides is 1. The summed E-state index contributed by atoms with van der Waals surface area (Å²) in [5.41, 5.74) is 2.05. The number of aromatic nitrogens is 1. The zero-order valence-corrected chi connectivity index (χ0v) is 18.8. The van der Waals surface area contributed by atoms with Gasteiger partial charge in [0.2, 0.25) is 5.91 Å². The molecular weight excluding hydrogens is 410 g/mol. The zero-order valence-electron chi connectivity index (χ0n) is 18.0. The number of hydrogen-bond donors (Lipinski definition) is 0. The van der Waals surface area contributed by atoms with Gasteiger partial charge in [0.15, 0.2) is 0 Å². The molecule has 2 atom stereocenters. The van der Waals surface area contributed by atoms with Gasteiger partial charge < -0.3 is 14.4 Å². The van der Waals surface area contributed by atoms with E-state index in [2.05, 4.69) is 16.0 Å². The lowest BCUT2D eigenvalue weighted by atomic mass is 10.1. The van der Waals surface area contributed by atoms with Gasteiger partial charge in [-0.05, 0) is 19.1 Å². The van der Waals surface area contributed by atoms with Crippen LogP contribution in [0, 0.1) is 0 Å². The Morgan fingerprint density at radius 3 is 2.84 bits per heavy atom. The van der Waals surface area contributed by atoms with Gasteiger partial charge in [-0.25, -0.2) is 4.98 Å². The Kier molecular flexibility index (Phi) is 6.53. The summed E-state index contributed by atoms with van der Waals surface area (Å²) in [6.07, 6.45) is 1.53. The van der Waals surface area contributed by atoms with Crippen molar-refractivity contribution in [2.75, 3.05) is 27.2 Å². The lowest BCUT2D eigenvalue weighted by Crippen LogP contribution is -2.40. The molecule has 0 bridgehead atoms. The monoisotopic (exact) mass is 437 g/mol. The van der Waals surface area contributed by atoms with Crippen LogP contribution in [0.3, 0.4) is 0 Å². The van der Waals surface area contributed by atoms with Gasteiger partial charge in [-0.15, -0.1) is 11.3 Å². The maximum absolute atomic E-state index is 13.1. The second-order valence-corrected chi connectivity index (χ2v) is 8.60. The molecule has 31 heavy (non-hydrogen) atoms. The molecule has 0 radical (unpaired) electrons. The van der Waals surface area contributed by atoms with Crippen molar-refractivity contribution >= 4 is 17.2 Å². The lowest BCUT2D eigenvalue weighted by molar-refractivity contribution is -0.133. The molecule has 162 valence electrons. The number of thiazole rings is 1. The molecule has 1 amide bonds. The minimum absolute atomic E-state index is 0.0563. The molecule has 1 aliphatic heterocycles. The number of rotatable bonds is 6. The van der Waals surface area contributed by atoms with Crippen molar-refractivity contribution < 1.29 is 14.3 Å². The maximum atomic E-state index is 13.1. The largest absolute Gasteiger partial charge is 0.496 e. The molecule has 0 unspecified atom stereocenters. The molecule has 2 aromatic carbocycles. The van der Waals surface area contributed by atoms with E-state index in [0.29, 0.717) is 19.6 Å². The summed E-state index contributed by atoms with van der Waals surface area (Å²) in [5, 5.41) is 2.87. The minimum atomic E-state index is -0.241. The Balaban J connectivity index is 1.57. The quantitative estimate of drug-likeness (QED) is 0.575. The highest BCUT2D eigenvalue weighted by molar-refractivity contribution is 7.09. The van der Waals surface area contributed by atoms with E-state index in [1.54, 1.807) is 29.5 Å². The normalized spacial score (nSPS) is 17.2. The average molecular weight is 438 g/mol. The van der Waals surface area contributed by atoms with Crippen molar-refractivity contribution in [3.8, 4) is 11.5 Å². The molecule has 1 aliphatic rings. The zero-order chi connectivity index (χ0) is 21.8. The first-order valence-electron chi connectivity index (χ1n) is 10.3. The van der Waals surface area contributed by atoms with Crippen molar-refractivity contribution in [2.45, 2.75) is 25.6 Å². The first-order chi connectivity index (χ1) is 15.1. The molecule has 3 aromatic rings. The number of likely N-dealkylation sites (N-methyl/N-ethyl adjacent to an activating group) is 1. The Morgan fingerprint density at radius 2 is 2.06 bits per heavy atom. The molecule has 0 N–H and O–H groups in total. The molecule has 1 aromatic heterocycles. The Bertz CT molecular complexity index is 1020. The third kappa shape index (κ3) is 4.73. The molecule has 0 saturated heterocycles. The van der Waals surface area contributed by atoms with Gasteiger partial charge >= 0.3 is 0 Å². The van der Waals surface area contributed by atoms with E-state index in [1.807, 2.05) is 61.8 Å². The van der Waals surface area contributed by atoms with Crippen molar-refractivity contribution in [1.82, 2.24) is 14.8 Å². The summed E-state index contributed by atoms with van der Waals surface area (Å²) in [6, 6.07) is 15.8. The van der Waals surface area contributed by atoms with E-state index in [9.17, 15) is 4.79 Å². The van der Waals surface area contributed by atoms with E-state index in [4.69, 9.17) is 9.47 Å². The molecule has 0 saturated carbocycles. The van der Waals surface area contributed by atoms with E-state index in [1.165, 1.54) is 0 Å². The summed E-state index contributed by atoms with van der Waals surface area (Å²) in [6.45, 7) is 3.54. The summed E-state index contributed by atoms with van der Waals surface area (Å²) in [7, 11) is 3.51. The smallest absolute Gasteiger partial charge is 0.237 e. The van der Waals surface area contributed by atoms with E-state index in [-0.39, 0.29) is 18.1 Å². The van der Waals surface area contributed by atoms with Gasteiger partial charge in [0.25, 0.3) is 0 Å². The summed E-state index contributed by atoms with van der Waals surface area (Å²) < 4.78 is 12.0. The molecule has 0 fully saturated rings. The number of benzene rings is 2. The van der Waals surface area contributed by atoms with Crippen LogP contribution in [-0.2, 0) is 11.3 Å². The summed E-state index contributed by atoms with van der Waals surface area (Å²) in [5.74, 6) is 1.69. The third-order valence-electron chi connectivity index (χ3n) is 5.69. The van der Waals surface area contributed by atoms with Crippen molar-refractivity contribution in [3.05, 3.63) is 76.2 Å². The molecular formula is C24H27N3O3S. The van der Waals surface area contributed by atoms with Gasteiger partial charge in [0, 0.05) is 42.8 Å². The lowest BCUT2D eigenvalue weighted by Gasteiger charge is -2.28. The number of ether oxygens (including phenoxy) is 2. The predicted octanol–water partition coefficient (Wildman–Crippen LogP) is 4.31. The van der Waals surface area contributed by atoms with Crippen molar-refractivity contribution in [2.24, 2.45) is 0 Å². The maximum Gasteiger partial charge on any atom is 0.237 e. The minimum Gasteiger partial charge on any atom is -0.496 e. The van der Waals surface area contributed by atoms with E-state index >= 15 is 0 Å². The fraction of sp³-hybridized carbons (Fsp3) is 0.333. The summed E-state index contributed by atoms with van der Waals surface area (Å²) >= 11 is 1.57. The van der Waals surface area contributed by atoms with Crippen molar-refractivity contribution in [1.29, 1.82) is 0 Å². The number of carbonyl (C=O) groups excluding carboxylic acids is 1. The number of nitrogens with zero attached hydrogens (tertiary/aromatic N) is 3. The van der Waals surface area contributed by atoms with Crippen LogP contribution < -0.4 is 9.47 Å². The van der Waals surface area contributed by atoms with Gasteiger partial charge in [0.05, 0.1) is 19.7 Å². The van der Waals surface area contributed by atoms with Crippen LogP contribution in [0.15, 0.2) is 60.1 Å². The number of fused-ring (bicyclic) bond motifs is 1. The predicted molar refractivity (Wildman–Crippen MR) is 121 cm³/mol. The molecule has 2 heterocycles. The highest BCUT2D eigenvalue weighted by Crippen LogP contribution is 2.34. The Hall–Kier alpha value is -2.90. The van der Waals surface area contributed by atoms with Crippen LogP contribution in [0.2, 0.25) is 0 Å². The van der Waals surface area contributed by atoms with Crippen LogP contribution >= 0.6 is 11.3 Å². The number of hydrogen-bond acceptors (Lipinski definition) is 6. The third-order valence-corrected chi connectivity index (χ3v) is 6.63. The fourth-order valence-electron chi connectivity index (χ4n) is 3.82. The number of methoxy groups -OCH3 is 1. The highest BCUT2D eigenvalue weighted by Gasteiger charge is 2.29. The van der Waals surface area contributed by atoms with Crippen LogP contribution in [-0.4, -0.2) is 47.9 Å². The first kappa shape index (κ1) is 21.3. The number of carbonyl (C=O) groups is 1. The van der Waals surface area contributed by atoms with Gasteiger partial charge in [0.1, 0.15) is 22.6 Å². The average Bonchev–Trinajstić information content (AvgIpc) is 3.27. The SMILES string of the molecule is COc1ccccc1[C@@H]1CN(CC(=O)N(C)[C@H](C)c2nccs2)Cc2ccccc2O1. The van der Waals surface area contributed by atoms with E-state index < -0.39 is 0 Å². The molecule has 7 heteroatoms. The Morgan fingerprint density at radius 1 is 1.29 bits per heavy atom.